The predicted octanol–water partition coefficient (Wildman–Crippen LogP) is 2.80. The summed E-state index contributed by atoms with van der Waals surface area (Å²) < 4.78 is 1.80. The molecule has 0 aliphatic rings. The molecule has 0 aromatic carbocycles. The van der Waals surface area contributed by atoms with E-state index in [0.29, 0.717) is 0 Å². The van der Waals surface area contributed by atoms with Crippen LogP contribution in [0.3, 0.4) is 0 Å². The fraction of sp³-hybridized carbons (Fsp3) is 0.889. The van der Waals surface area contributed by atoms with Crippen molar-refractivity contribution in [3.05, 3.63) is 0 Å². The van der Waals surface area contributed by atoms with E-state index in [1.807, 2.05) is 0 Å². The fourth-order valence-corrected chi connectivity index (χ4v) is 4.00. The first-order chi connectivity index (χ1) is 4.52. The van der Waals surface area contributed by atoms with Crippen LogP contribution >= 0.6 is 0 Å². The normalized spacial score (nSPS) is 11.2. The molecule has 0 unspecified atom stereocenters. The van der Waals surface area contributed by atoms with Gasteiger partial charge in [0.1, 0.15) is 0 Å². The van der Waals surface area contributed by atoms with Crippen LogP contribution < -0.4 is 0 Å². The molecule has 0 N–H and O–H groups in total. The Balaban J connectivity index is 3.44. The molecule has 0 aliphatic heterocycles. The van der Waals surface area contributed by atoms with Gasteiger partial charge in [-0.05, 0) is 0 Å². The van der Waals surface area contributed by atoms with Crippen molar-refractivity contribution in [3.8, 4) is 0 Å². The summed E-state index contributed by atoms with van der Waals surface area (Å²) in [6.07, 6.45) is 2.73. The molecule has 0 heterocycles. The summed E-state index contributed by atoms with van der Waals surface area (Å²) in [4.78, 5) is 0. The third-order valence-corrected chi connectivity index (χ3v) is 2.78. The molecule has 0 spiro atoms. The van der Waals surface area contributed by atoms with Crippen LogP contribution in [0.25, 0.3) is 0 Å². The first-order valence-electron chi connectivity index (χ1n) is 4.08. The topological polar surface area (TPSA) is 0 Å². The first-order valence-corrected chi connectivity index (χ1v) is 5.88. The van der Waals surface area contributed by atoms with Crippen molar-refractivity contribution >= 4 is 3.26 Å². The van der Waals surface area contributed by atoms with Gasteiger partial charge in [0.2, 0.25) is 0 Å². The standard InChI is InChI=1S/C9H18.Hf/c1-8(2)6-5-7-9(3)4;/h8-9H,6-7H2,1-4H3;/q;+2. The predicted molar refractivity (Wildman–Crippen MR) is 43.9 cm³/mol. The van der Waals surface area contributed by atoms with Crippen LogP contribution in [0, 0.1) is 11.8 Å². The molecule has 0 rings (SSSR count). The van der Waals surface area contributed by atoms with Gasteiger partial charge in [-0.2, -0.15) is 0 Å². The van der Waals surface area contributed by atoms with Crippen LogP contribution in [0.5, 0.6) is 0 Å². The maximum atomic E-state index is 2.30. The second-order valence-corrected chi connectivity index (χ2v) is 6.34. The Morgan fingerprint density at radius 2 is 1.30 bits per heavy atom. The van der Waals surface area contributed by atoms with Crippen LogP contribution in [-0.4, -0.2) is 3.26 Å². The molecule has 0 saturated heterocycles. The van der Waals surface area contributed by atoms with E-state index in [0.717, 1.165) is 11.8 Å². The molecule has 0 nitrogen and oxygen atoms in total. The van der Waals surface area contributed by atoms with Gasteiger partial charge in [0.05, 0.1) is 0 Å². The zero-order chi connectivity index (χ0) is 8.15. The Morgan fingerprint density at radius 3 is 1.50 bits per heavy atom. The SMILES string of the molecule is CC(C)C[C](=[Hf+2])CC(C)C. The molecule has 0 fully saturated rings. The molecule has 56 valence electrons. The molecule has 1 heteroatoms. The molecule has 0 atom stereocenters. The summed E-state index contributed by atoms with van der Waals surface area (Å²) in [6, 6.07) is 0. The zero-order valence-electron chi connectivity index (χ0n) is 7.57. The van der Waals surface area contributed by atoms with Gasteiger partial charge in [-0.25, -0.2) is 0 Å². The van der Waals surface area contributed by atoms with Gasteiger partial charge in [0, 0.05) is 0 Å². The molecular weight excluding hydrogens is 287 g/mol. The van der Waals surface area contributed by atoms with Crippen molar-refractivity contribution in [1.82, 2.24) is 0 Å². The molecule has 0 aromatic heterocycles. The maximum absolute atomic E-state index is 2.30. The number of hydrogen-bond acceptors (Lipinski definition) is 0. The van der Waals surface area contributed by atoms with Gasteiger partial charge in [-0.15, -0.1) is 0 Å². The minimum atomic E-state index is 0.867. The van der Waals surface area contributed by atoms with Crippen molar-refractivity contribution in [1.29, 1.82) is 0 Å². The number of rotatable bonds is 4. The van der Waals surface area contributed by atoms with Crippen molar-refractivity contribution in [2.24, 2.45) is 11.8 Å². The van der Waals surface area contributed by atoms with Crippen LogP contribution in [0.15, 0.2) is 0 Å². The van der Waals surface area contributed by atoms with Crippen molar-refractivity contribution in [3.63, 3.8) is 0 Å². The third-order valence-electron chi connectivity index (χ3n) is 1.31. The van der Waals surface area contributed by atoms with E-state index >= 15 is 0 Å². The molecular formula is C9H18Hf+2. The molecule has 0 aliphatic carbocycles. The molecule has 0 aromatic rings. The molecule has 0 radical (unpaired) electrons. The first kappa shape index (κ1) is 10.7. The van der Waals surface area contributed by atoms with Crippen LogP contribution in [0.1, 0.15) is 40.5 Å². The summed E-state index contributed by atoms with van der Waals surface area (Å²) >= 11 is 1.30. The summed E-state index contributed by atoms with van der Waals surface area (Å²) in [7, 11) is 0. The molecule has 10 heavy (non-hydrogen) atoms. The number of hydrogen-bond donors (Lipinski definition) is 0. The summed E-state index contributed by atoms with van der Waals surface area (Å²) in [6.45, 7) is 9.22. The Morgan fingerprint density at radius 1 is 1.00 bits per heavy atom. The summed E-state index contributed by atoms with van der Waals surface area (Å²) in [5, 5.41) is 0. The van der Waals surface area contributed by atoms with Crippen molar-refractivity contribution < 1.29 is 23.9 Å². The monoisotopic (exact) mass is 306 g/mol. The van der Waals surface area contributed by atoms with Crippen molar-refractivity contribution in [2.45, 2.75) is 40.5 Å². The van der Waals surface area contributed by atoms with Crippen LogP contribution in [0.4, 0.5) is 0 Å². The van der Waals surface area contributed by atoms with Gasteiger partial charge in [-0.3, -0.25) is 0 Å². The Kier molecular flexibility index (Phi) is 5.80. The van der Waals surface area contributed by atoms with E-state index in [-0.39, 0.29) is 0 Å². The van der Waals surface area contributed by atoms with Crippen LogP contribution in [0.2, 0.25) is 0 Å². The zero-order valence-corrected chi connectivity index (χ0v) is 11.2. The second-order valence-electron chi connectivity index (χ2n) is 3.80. The van der Waals surface area contributed by atoms with Gasteiger partial charge in [-0.1, -0.05) is 0 Å². The van der Waals surface area contributed by atoms with E-state index in [1.54, 1.807) is 3.26 Å². The molecule has 0 saturated carbocycles. The van der Waals surface area contributed by atoms with Crippen molar-refractivity contribution in [2.75, 3.05) is 0 Å². The average molecular weight is 305 g/mol. The van der Waals surface area contributed by atoms with E-state index in [1.165, 1.54) is 36.7 Å². The van der Waals surface area contributed by atoms with E-state index < -0.39 is 0 Å². The van der Waals surface area contributed by atoms with Gasteiger partial charge in [0.25, 0.3) is 0 Å². The van der Waals surface area contributed by atoms with E-state index in [9.17, 15) is 0 Å². The van der Waals surface area contributed by atoms with Crippen LogP contribution in [-0.2, 0) is 23.9 Å². The van der Waals surface area contributed by atoms with Gasteiger partial charge < -0.3 is 0 Å². The average Bonchev–Trinajstić information content (AvgIpc) is 1.58. The fourth-order valence-electron chi connectivity index (χ4n) is 1.07. The van der Waals surface area contributed by atoms with E-state index in [4.69, 9.17) is 0 Å². The Bertz CT molecular complexity index is 91.3. The van der Waals surface area contributed by atoms with E-state index in [2.05, 4.69) is 27.7 Å². The third kappa shape index (κ3) is 6.85. The second kappa shape index (κ2) is 5.40. The summed E-state index contributed by atoms with van der Waals surface area (Å²) in [5.41, 5.74) is 0. The Hall–Kier alpha value is 0.740. The van der Waals surface area contributed by atoms with Gasteiger partial charge >= 0.3 is 79.5 Å². The molecule has 0 bridgehead atoms. The minimum absolute atomic E-state index is 0.867. The quantitative estimate of drug-likeness (QED) is 0.701. The molecule has 0 amide bonds. The van der Waals surface area contributed by atoms with Gasteiger partial charge in [0.15, 0.2) is 0 Å². The summed E-state index contributed by atoms with van der Waals surface area (Å²) in [5.74, 6) is 1.73. The Labute approximate surface area is 79.5 Å².